The molecule has 124 valence electrons. The summed E-state index contributed by atoms with van der Waals surface area (Å²) in [4.78, 5) is 4.89. The molecule has 0 bridgehead atoms. The smallest absolute Gasteiger partial charge is 0.141 e. The number of aromatic nitrogens is 2. The van der Waals surface area contributed by atoms with E-state index < -0.39 is 0 Å². The van der Waals surface area contributed by atoms with Gasteiger partial charge in [0, 0.05) is 12.1 Å². The van der Waals surface area contributed by atoms with Gasteiger partial charge in [0.1, 0.15) is 5.82 Å². The maximum absolute atomic E-state index is 4.89. The predicted octanol–water partition coefficient (Wildman–Crippen LogP) is 5.88. The van der Waals surface area contributed by atoms with Crippen LogP contribution in [-0.2, 0) is 6.54 Å². The topological polar surface area (TPSA) is 17.8 Å². The standard InChI is InChI=1S/C23H22N2/c1-17(2)19-14-12-18(13-15-19)16-25-22-11-7-6-10-21(22)24-23(25)20-8-4-3-5-9-20/h3-15,17H,16H2,1-2H3. The Morgan fingerprint density at radius 1 is 0.800 bits per heavy atom. The van der Waals surface area contributed by atoms with Crippen molar-refractivity contribution in [2.24, 2.45) is 0 Å². The Morgan fingerprint density at radius 2 is 1.48 bits per heavy atom. The Bertz CT molecular complexity index is 980. The van der Waals surface area contributed by atoms with E-state index in [1.807, 2.05) is 12.1 Å². The van der Waals surface area contributed by atoms with Gasteiger partial charge in [-0.05, 0) is 29.2 Å². The van der Waals surface area contributed by atoms with Crippen LogP contribution in [0.1, 0.15) is 30.9 Å². The number of benzene rings is 3. The van der Waals surface area contributed by atoms with Crippen LogP contribution in [0.2, 0.25) is 0 Å². The molecule has 1 aromatic heterocycles. The molecule has 0 fully saturated rings. The highest BCUT2D eigenvalue weighted by atomic mass is 15.1. The molecule has 0 radical (unpaired) electrons. The van der Waals surface area contributed by atoms with E-state index in [4.69, 9.17) is 4.98 Å². The molecule has 1 heterocycles. The average Bonchev–Trinajstić information content (AvgIpc) is 3.02. The van der Waals surface area contributed by atoms with Gasteiger partial charge in [-0.1, -0.05) is 80.6 Å². The van der Waals surface area contributed by atoms with E-state index in [1.165, 1.54) is 16.6 Å². The van der Waals surface area contributed by atoms with Crippen molar-refractivity contribution in [3.63, 3.8) is 0 Å². The van der Waals surface area contributed by atoms with Crippen LogP contribution in [0.3, 0.4) is 0 Å². The van der Waals surface area contributed by atoms with Crippen molar-refractivity contribution in [2.75, 3.05) is 0 Å². The van der Waals surface area contributed by atoms with Crippen LogP contribution in [0.4, 0.5) is 0 Å². The van der Waals surface area contributed by atoms with Gasteiger partial charge in [-0.3, -0.25) is 0 Å². The van der Waals surface area contributed by atoms with Crippen molar-refractivity contribution < 1.29 is 0 Å². The molecule has 25 heavy (non-hydrogen) atoms. The zero-order valence-electron chi connectivity index (χ0n) is 14.7. The van der Waals surface area contributed by atoms with Gasteiger partial charge in [-0.2, -0.15) is 0 Å². The van der Waals surface area contributed by atoms with E-state index in [1.54, 1.807) is 0 Å². The van der Waals surface area contributed by atoms with E-state index in [-0.39, 0.29) is 0 Å². The molecular weight excluding hydrogens is 304 g/mol. The first kappa shape index (κ1) is 15.6. The van der Waals surface area contributed by atoms with Crippen LogP contribution in [0.25, 0.3) is 22.4 Å². The van der Waals surface area contributed by atoms with E-state index in [9.17, 15) is 0 Å². The summed E-state index contributed by atoms with van der Waals surface area (Å²) in [5.41, 5.74) is 6.04. The van der Waals surface area contributed by atoms with Crippen molar-refractivity contribution in [1.82, 2.24) is 9.55 Å². The third kappa shape index (κ3) is 3.08. The quantitative estimate of drug-likeness (QED) is 0.458. The first-order valence-electron chi connectivity index (χ1n) is 8.82. The summed E-state index contributed by atoms with van der Waals surface area (Å²) in [5, 5.41) is 0. The van der Waals surface area contributed by atoms with Gasteiger partial charge in [-0.25, -0.2) is 4.98 Å². The second kappa shape index (κ2) is 6.56. The Hall–Kier alpha value is -2.87. The molecule has 2 heteroatoms. The zero-order valence-corrected chi connectivity index (χ0v) is 14.7. The molecule has 4 aromatic rings. The lowest BCUT2D eigenvalue weighted by molar-refractivity contribution is 0.827. The monoisotopic (exact) mass is 326 g/mol. The van der Waals surface area contributed by atoms with Crippen molar-refractivity contribution in [3.05, 3.63) is 90.0 Å². The lowest BCUT2D eigenvalue weighted by Gasteiger charge is -2.11. The fourth-order valence-corrected chi connectivity index (χ4v) is 3.23. The molecule has 0 atom stereocenters. The second-order valence-electron chi connectivity index (χ2n) is 6.77. The van der Waals surface area contributed by atoms with Gasteiger partial charge >= 0.3 is 0 Å². The Kier molecular flexibility index (Phi) is 4.10. The number of fused-ring (bicyclic) bond motifs is 1. The number of nitrogens with zero attached hydrogens (tertiary/aromatic N) is 2. The van der Waals surface area contributed by atoms with Gasteiger partial charge < -0.3 is 4.57 Å². The molecule has 0 aliphatic carbocycles. The molecule has 0 aliphatic heterocycles. The minimum Gasteiger partial charge on any atom is -0.319 e. The lowest BCUT2D eigenvalue weighted by Crippen LogP contribution is -2.02. The molecule has 0 saturated heterocycles. The normalized spacial score (nSPS) is 11.3. The van der Waals surface area contributed by atoms with Gasteiger partial charge in [0.25, 0.3) is 0 Å². The average molecular weight is 326 g/mol. The SMILES string of the molecule is CC(C)c1ccc(Cn2c(-c3ccccc3)nc3ccccc32)cc1. The summed E-state index contributed by atoms with van der Waals surface area (Å²) < 4.78 is 2.31. The maximum atomic E-state index is 4.89. The summed E-state index contributed by atoms with van der Waals surface area (Å²) in [7, 11) is 0. The van der Waals surface area contributed by atoms with Crippen LogP contribution < -0.4 is 0 Å². The Balaban J connectivity index is 1.80. The third-order valence-electron chi connectivity index (χ3n) is 4.67. The van der Waals surface area contributed by atoms with E-state index in [2.05, 4.69) is 85.1 Å². The first-order chi connectivity index (χ1) is 12.2. The minimum atomic E-state index is 0.558. The zero-order chi connectivity index (χ0) is 17.2. The van der Waals surface area contributed by atoms with E-state index >= 15 is 0 Å². The molecule has 2 nitrogen and oxygen atoms in total. The van der Waals surface area contributed by atoms with Crippen LogP contribution in [0.5, 0.6) is 0 Å². The minimum absolute atomic E-state index is 0.558. The predicted molar refractivity (Wildman–Crippen MR) is 105 cm³/mol. The molecule has 0 unspecified atom stereocenters. The fraction of sp³-hybridized carbons (Fsp3) is 0.174. The summed E-state index contributed by atoms with van der Waals surface area (Å²) in [6.45, 7) is 5.28. The molecule has 0 N–H and O–H groups in total. The molecular formula is C23H22N2. The fourth-order valence-electron chi connectivity index (χ4n) is 3.23. The highest BCUT2D eigenvalue weighted by molar-refractivity contribution is 5.80. The molecule has 3 aromatic carbocycles. The van der Waals surface area contributed by atoms with Crippen LogP contribution >= 0.6 is 0 Å². The van der Waals surface area contributed by atoms with Crippen LogP contribution in [0, 0.1) is 0 Å². The Labute approximate surface area is 148 Å². The van der Waals surface area contributed by atoms with Crippen LogP contribution in [0.15, 0.2) is 78.9 Å². The van der Waals surface area contributed by atoms with Crippen molar-refractivity contribution in [3.8, 4) is 11.4 Å². The Morgan fingerprint density at radius 3 is 2.20 bits per heavy atom. The summed E-state index contributed by atoms with van der Waals surface area (Å²) in [6.07, 6.45) is 0. The molecule has 0 spiro atoms. The molecule has 0 saturated carbocycles. The van der Waals surface area contributed by atoms with Crippen molar-refractivity contribution in [2.45, 2.75) is 26.3 Å². The van der Waals surface area contributed by atoms with E-state index in [0.717, 1.165) is 23.4 Å². The molecule has 0 aliphatic rings. The van der Waals surface area contributed by atoms with Gasteiger partial charge in [0.15, 0.2) is 0 Å². The van der Waals surface area contributed by atoms with Gasteiger partial charge in [0.05, 0.1) is 11.0 Å². The highest BCUT2D eigenvalue weighted by Crippen LogP contribution is 2.26. The molecule has 0 amide bonds. The van der Waals surface area contributed by atoms with Crippen molar-refractivity contribution >= 4 is 11.0 Å². The third-order valence-corrected chi connectivity index (χ3v) is 4.67. The number of imidazole rings is 1. The summed E-state index contributed by atoms with van der Waals surface area (Å²) >= 11 is 0. The van der Waals surface area contributed by atoms with Crippen LogP contribution in [-0.4, -0.2) is 9.55 Å². The van der Waals surface area contributed by atoms with Gasteiger partial charge in [-0.15, -0.1) is 0 Å². The van der Waals surface area contributed by atoms with E-state index in [0.29, 0.717) is 5.92 Å². The second-order valence-corrected chi connectivity index (χ2v) is 6.77. The lowest BCUT2D eigenvalue weighted by atomic mass is 10.0. The molecule has 4 rings (SSSR count). The van der Waals surface area contributed by atoms with Crippen molar-refractivity contribution in [1.29, 1.82) is 0 Å². The number of rotatable bonds is 4. The number of hydrogen-bond donors (Lipinski definition) is 0. The summed E-state index contributed by atoms with van der Waals surface area (Å²) in [6, 6.07) is 27.7. The van der Waals surface area contributed by atoms with Gasteiger partial charge in [0.2, 0.25) is 0 Å². The first-order valence-corrected chi connectivity index (χ1v) is 8.82. The maximum Gasteiger partial charge on any atom is 0.141 e. The number of para-hydroxylation sites is 2. The summed E-state index contributed by atoms with van der Waals surface area (Å²) in [5.74, 6) is 1.58. The highest BCUT2D eigenvalue weighted by Gasteiger charge is 2.12. The number of hydrogen-bond acceptors (Lipinski definition) is 1. The largest absolute Gasteiger partial charge is 0.319 e.